The van der Waals surface area contributed by atoms with Gasteiger partial charge in [0.15, 0.2) is 5.65 Å². The minimum Gasteiger partial charge on any atom is -0.378 e. The zero-order valence-electron chi connectivity index (χ0n) is 10.8. The van der Waals surface area contributed by atoms with Gasteiger partial charge >= 0.3 is 0 Å². The summed E-state index contributed by atoms with van der Waals surface area (Å²) in [6.07, 6.45) is 1.82. The van der Waals surface area contributed by atoms with Gasteiger partial charge in [-0.25, -0.2) is 9.50 Å². The van der Waals surface area contributed by atoms with Gasteiger partial charge in [-0.15, -0.1) is 0 Å². The lowest BCUT2D eigenvalue weighted by Crippen LogP contribution is -2.08. The summed E-state index contributed by atoms with van der Waals surface area (Å²) in [6.45, 7) is 0. The van der Waals surface area contributed by atoms with Crippen LogP contribution >= 0.6 is 0 Å². The summed E-state index contributed by atoms with van der Waals surface area (Å²) < 4.78 is 1.64. The second-order valence-corrected chi connectivity index (χ2v) is 4.61. The number of hydrogen-bond donors (Lipinski definition) is 1. The Balaban J connectivity index is 2.06. The number of nitrogens with one attached hydrogen (secondary N) is 1. The highest BCUT2D eigenvalue weighted by molar-refractivity contribution is 5.65. The van der Waals surface area contributed by atoms with Gasteiger partial charge in [0, 0.05) is 31.4 Å². The monoisotopic (exact) mass is 254 g/mol. The van der Waals surface area contributed by atoms with Crippen LogP contribution in [0.4, 0.5) is 5.69 Å². The maximum Gasteiger partial charge on any atom is 0.262 e. The third-order valence-electron chi connectivity index (χ3n) is 3.03. The highest BCUT2D eigenvalue weighted by Crippen LogP contribution is 2.21. The number of hydrogen-bond acceptors (Lipinski definition) is 3. The molecule has 2 aromatic heterocycles. The maximum atomic E-state index is 11.2. The average Bonchev–Trinajstić information content (AvgIpc) is 2.81. The number of nitrogens with zero attached hydrogens (tertiary/aromatic N) is 3. The van der Waals surface area contributed by atoms with Crippen molar-refractivity contribution in [3.8, 4) is 11.3 Å². The molecular weight excluding hydrogens is 240 g/mol. The lowest BCUT2D eigenvalue weighted by Gasteiger charge is -2.11. The van der Waals surface area contributed by atoms with Crippen molar-refractivity contribution in [2.75, 3.05) is 19.0 Å². The number of fused-ring (bicyclic) bond motifs is 1. The van der Waals surface area contributed by atoms with Crippen molar-refractivity contribution < 1.29 is 0 Å². The Morgan fingerprint density at radius 1 is 1.11 bits per heavy atom. The molecule has 96 valence electrons. The van der Waals surface area contributed by atoms with Gasteiger partial charge in [0.1, 0.15) is 0 Å². The number of H-pyrrole nitrogens is 1. The largest absolute Gasteiger partial charge is 0.378 e. The zero-order chi connectivity index (χ0) is 13.4. The third kappa shape index (κ3) is 2.10. The average molecular weight is 254 g/mol. The maximum absolute atomic E-state index is 11.2. The molecule has 0 unspecified atom stereocenters. The summed E-state index contributed by atoms with van der Waals surface area (Å²) in [7, 11) is 4.01. The number of benzene rings is 1. The van der Waals surface area contributed by atoms with E-state index in [4.69, 9.17) is 0 Å². The first-order chi connectivity index (χ1) is 9.13. The van der Waals surface area contributed by atoms with Crippen molar-refractivity contribution in [1.29, 1.82) is 0 Å². The van der Waals surface area contributed by atoms with Crippen molar-refractivity contribution >= 4 is 11.3 Å². The number of anilines is 1. The number of aromatic nitrogens is 3. The molecule has 0 atom stereocenters. The van der Waals surface area contributed by atoms with E-state index in [9.17, 15) is 4.79 Å². The first kappa shape index (κ1) is 11.5. The zero-order valence-corrected chi connectivity index (χ0v) is 10.8. The van der Waals surface area contributed by atoms with E-state index in [1.807, 2.05) is 49.5 Å². The Kier molecular flexibility index (Phi) is 2.59. The van der Waals surface area contributed by atoms with E-state index < -0.39 is 0 Å². The van der Waals surface area contributed by atoms with E-state index >= 15 is 0 Å². The molecule has 0 radical (unpaired) electrons. The number of aromatic amines is 1. The molecule has 2 heterocycles. The predicted molar refractivity (Wildman–Crippen MR) is 75.6 cm³/mol. The molecule has 19 heavy (non-hydrogen) atoms. The van der Waals surface area contributed by atoms with Crippen LogP contribution in [0, 0.1) is 0 Å². The van der Waals surface area contributed by atoms with Crippen molar-refractivity contribution in [2.24, 2.45) is 0 Å². The van der Waals surface area contributed by atoms with Crippen molar-refractivity contribution in [3.63, 3.8) is 0 Å². The lowest BCUT2D eigenvalue weighted by atomic mass is 10.1. The van der Waals surface area contributed by atoms with Crippen molar-refractivity contribution in [2.45, 2.75) is 0 Å². The quantitative estimate of drug-likeness (QED) is 0.758. The molecule has 3 rings (SSSR count). The van der Waals surface area contributed by atoms with Crippen LogP contribution in [-0.4, -0.2) is 28.7 Å². The number of rotatable bonds is 2. The summed E-state index contributed by atoms with van der Waals surface area (Å²) in [5.41, 5.74) is 3.59. The molecule has 0 fully saturated rings. The summed E-state index contributed by atoms with van der Waals surface area (Å²) >= 11 is 0. The topological polar surface area (TPSA) is 53.4 Å². The SMILES string of the molecule is CN(C)c1ccc(-c2cn3[nH]c(=O)ccc3n2)cc1. The molecule has 0 aliphatic heterocycles. The molecule has 0 saturated heterocycles. The summed E-state index contributed by atoms with van der Waals surface area (Å²) in [6, 6.07) is 11.3. The highest BCUT2D eigenvalue weighted by Gasteiger charge is 2.05. The molecule has 0 saturated carbocycles. The predicted octanol–water partition coefficient (Wildman–Crippen LogP) is 1.76. The molecule has 0 bridgehead atoms. The van der Waals surface area contributed by atoms with Crippen LogP contribution in [0.5, 0.6) is 0 Å². The Hall–Kier alpha value is -2.56. The van der Waals surface area contributed by atoms with E-state index in [0.717, 1.165) is 22.6 Å². The molecule has 1 N–H and O–H groups in total. The van der Waals surface area contributed by atoms with Crippen LogP contribution in [-0.2, 0) is 0 Å². The van der Waals surface area contributed by atoms with Crippen LogP contribution in [0.15, 0.2) is 47.4 Å². The minimum atomic E-state index is -0.139. The summed E-state index contributed by atoms with van der Waals surface area (Å²) in [5.74, 6) is 0. The fourth-order valence-electron chi connectivity index (χ4n) is 1.98. The normalized spacial score (nSPS) is 10.8. The van der Waals surface area contributed by atoms with Gasteiger partial charge in [0.25, 0.3) is 5.56 Å². The first-order valence-electron chi connectivity index (χ1n) is 6.00. The fraction of sp³-hybridized carbons (Fsp3) is 0.143. The van der Waals surface area contributed by atoms with E-state index in [0.29, 0.717) is 0 Å². The molecule has 0 spiro atoms. The van der Waals surface area contributed by atoms with Gasteiger partial charge in [-0.1, -0.05) is 12.1 Å². The van der Waals surface area contributed by atoms with E-state index in [1.165, 1.54) is 6.07 Å². The van der Waals surface area contributed by atoms with Crippen LogP contribution in [0.3, 0.4) is 0 Å². The van der Waals surface area contributed by atoms with Crippen molar-refractivity contribution in [1.82, 2.24) is 14.6 Å². The molecule has 5 nitrogen and oxygen atoms in total. The van der Waals surface area contributed by atoms with Gasteiger partial charge in [-0.05, 0) is 18.2 Å². The Morgan fingerprint density at radius 2 is 1.84 bits per heavy atom. The third-order valence-corrected chi connectivity index (χ3v) is 3.03. The summed E-state index contributed by atoms with van der Waals surface area (Å²) in [5, 5.41) is 2.70. The van der Waals surface area contributed by atoms with Crippen LogP contribution in [0.25, 0.3) is 16.9 Å². The molecule has 0 amide bonds. The van der Waals surface area contributed by atoms with Crippen LogP contribution < -0.4 is 10.5 Å². The minimum absolute atomic E-state index is 0.139. The van der Waals surface area contributed by atoms with Crippen LogP contribution in [0.1, 0.15) is 0 Å². The molecule has 0 aliphatic rings. The van der Waals surface area contributed by atoms with E-state index in [1.54, 1.807) is 10.6 Å². The number of imidazole rings is 1. The van der Waals surface area contributed by atoms with Crippen molar-refractivity contribution in [3.05, 3.63) is 52.9 Å². The van der Waals surface area contributed by atoms with Gasteiger partial charge in [-0.3, -0.25) is 9.89 Å². The molecule has 3 aromatic rings. The lowest BCUT2D eigenvalue weighted by molar-refractivity contribution is 0.905. The second-order valence-electron chi connectivity index (χ2n) is 4.61. The molecular formula is C14H14N4O. The Morgan fingerprint density at radius 3 is 2.53 bits per heavy atom. The van der Waals surface area contributed by atoms with E-state index in [2.05, 4.69) is 10.1 Å². The highest BCUT2D eigenvalue weighted by atomic mass is 16.1. The van der Waals surface area contributed by atoms with Gasteiger partial charge in [-0.2, -0.15) is 0 Å². The van der Waals surface area contributed by atoms with Crippen LogP contribution in [0.2, 0.25) is 0 Å². The molecule has 1 aromatic carbocycles. The summed E-state index contributed by atoms with van der Waals surface area (Å²) in [4.78, 5) is 17.8. The standard InChI is InChI=1S/C14H14N4O/c1-17(2)11-5-3-10(4-6-11)12-9-18-13(15-12)7-8-14(19)16-18/h3-9H,1-2H3,(H,16,19). The van der Waals surface area contributed by atoms with Gasteiger partial charge in [0.05, 0.1) is 11.9 Å². The second kappa shape index (κ2) is 4.28. The fourth-order valence-corrected chi connectivity index (χ4v) is 1.98. The Bertz CT molecular complexity index is 768. The molecule has 0 aliphatic carbocycles. The smallest absolute Gasteiger partial charge is 0.262 e. The van der Waals surface area contributed by atoms with Gasteiger partial charge in [0.2, 0.25) is 0 Å². The Labute approximate surface area is 110 Å². The first-order valence-corrected chi connectivity index (χ1v) is 6.00. The van der Waals surface area contributed by atoms with Gasteiger partial charge < -0.3 is 4.90 Å². The van der Waals surface area contributed by atoms with E-state index in [-0.39, 0.29) is 5.56 Å². The molecule has 5 heteroatoms.